The molecule has 3 aliphatic rings. The molecule has 2 saturated carbocycles. The molecule has 0 saturated heterocycles. The number of fused-ring (bicyclic) bond motifs is 5. The molecule has 0 heterocycles. The van der Waals surface area contributed by atoms with Gasteiger partial charge in [0.1, 0.15) is 0 Å². The largest absolute Gasteiger partial charge is 0.323 e. The average Bonchev–Trinajstić information content (AvgIpc) is 2.83. The van der Waals surface area contributed by atoms with E-state index < -0.39 is 0 Å². The van der Waals surface area contributed by atoms with E-state index in [9.17, 15) is 0 Å². The van der Waals surface area contributed by atoms with Gasteiger partial charge in [0, 0.05) is 17.0 Å². The highest BCUT2D eigenvalue weighted by Crippen LogP contribution is 2.58. The van der Waals surface area contributed by atoms with E-state index in [1.165, 1.54) is 30.5 Å². The molecule has 0 bridgehead atoms. The number of hydrogen-bond acceptors (Lipinski definition) is 2. The molecule has 0 radical (unpaired) electrons. The third-order valence-electron chi connectivity index (χ3n) is 6.00. The predicted molar refractivity (Wildman–Crippen MR) is 82.7 cm³/mol. The van der Waals surface area contributed by atoms with Gasteiger partial charge in [0.25, 0.3) is 0 Å². The van der Waals surface area contributed by atoms with Crippen molar-refractivity contribution in [2.45, 2.75) is 44.9 Å². The summed E-state index contributed by atoms with van der Waals surface area (Å²) in [6, 6.07) is 8.98. The lowest BCUT2D eigenvalue weighted by atomic mass is 9.60. The normalized spacial score (nSPS) is 37.0. The first-order valence-corrected chi connectivity index (χ1v) is 7.79. The minimum Gasteiger partial charge on any atom is -0.323 e. The van der Waals surface area contributed by atoms with Crippen LogP contribution in [-0.2, 0) is 6.42 Å². The van der Waals surface area contributed by atoms with E-state index in [0.29, 0.717) is 11.8 Å². The molecule has 1 aromatic carbocycles. The molecule has 0 spiro atoms. The van der Waals surface area contributed by atoms with Crippen LogP contribution in [0.3, 0.4) is 0 Å². The Kier molecular flexibility index (Phi) is 2.57. The summed E-state index contributed by atoms with van der Waals surface area (Å²) >= 11 is 0. The van der Waals surface area contributed by atoms with Crippen LogP contribution in [0.1, 0.15) is 49.7 Å². The Morgan fingerprint density at radius 1 is 1.25 bits per heavy atom. The van der Waals surface area contributed by atoms with Crippen molar-refractivity contribution < 1.29 is 0 Å². The van der Waals surface area contributed by atoms with Crippen LogP contribution in [0.2, 0.25) is 0 Å². The Morgan fingerprint density at radius 2 is 2.10 bits per heavy atom. The number of hydrazone groups is 1. The number of nitrogens with two attached hydrogens (primary N) is 1. The molecule has 2 fully saturated rings. The summed E-state index contributed by atoms with van der Waals surface area (Å²) in [6.07, 6.45) is 8.40. The number of rotatable bonds is 0. The van der Waals surface area contributed by atoms with Crippen LogP contribution in [0.25, 0.3) is 0 Å². The fraction of sp³-hybridized carbons (Fsp3) is 0.500. The standard InChI is InChI=1S/C18H22N2/c1-18-11-10-14-13-5-3-2-4-12(13)6-7-15(14)16(18)8-9-17(18)20-19/h2-5,7,14,16H,6,8-11,19H2,1H3/b20-17+. The predicted octanol–water partition coefficient (Wildman–Crippen LogP) is 3.78. The van der Waals surface area contributed by atoms with Crippen molar-refractivity contribution >= 4 is 5.71 Å². The van der Waals surface area contributed by atoms with Crippen LogP contribution < -0.4 is 5.84 Å². The third-order valence-corrected chi connectivity index (χ3v) is 6.00. The first kappa shape index (κ1) is 12.2. The highest BCUT2D eigenvalue weighted by molar-refractivity contribution is 5.93. The van der Waals surface area contributed by atoms with Crippen LogP contribution in [0.4, 0.5) is 0 Å². The van der Waals surface area contributed by atoms with Gasteiger partial charge in [0.2, 0.25) is 0 Å². The van der Waals surface area contributed by atoms with Gasteiger partial charge < -0.3 is 5.84 Å². The van der Waals surface area contributed by atoms with Crippen LogP contribution in [0.15, 0.2) is 41.0 Å². The van der Waals surface area contributed by atoms with Crippen molar-refractivity contribution in [1.29, 1.82) is 0 Å². The summed E-state index contributed by atoms with van der Waals surface area (Å²) in [5.74, 6) is 6.95. The molecule has 4 rings (SSSR count). The quantitative estimate of drug-likeness (QED) is 0.433. The first-order valence-electron chi connectivity index (χ1n) is 7.79. The zero-order valence-corrected chi connectivity index (χ0v) is 12.1. The summed E-state index contributed by atoms with van der Waals surface area (Å²) in [6.45, 7) is 2.38. The van der Waals surface area contributed by atoms with Gasteiger partial charge in [0.05, 0.1) is 0 Å². The SMILES string of the molecule is CC12CCC3C(=CCc4ccccc43)C1CC/C2=N\N. The maximum atomic E-state index is 5.64. The van der Waals surface area contributed by atoms with Crippen molar-refractivity contribution in [3.8, 4) is 0 Å². The Hall–Kier alpha value is -1.57. The maximum absolute atomic E-state index is 5.64. The van der Waals surface area contributed by atoms with Crippen LogP contribution in [0, 0.1) is 11.3 Å². The van der Waals surface area contributed by atoms with E-state index in [1.54, 1.807) is 11.1 Å². The summed E-state index contributed by atoms with van der Waals surface area (Å²) in [7, 11) is 0. The minimum atomic E-state index is 0.226. The number of nitrogens with zero attached hydrogens (tertiary/aromatic N) is 1. The monoisotopic (exact) mass is 266 g/mol. The van der Waals surface area contributed by atoms with E-state index in [-0.39, 0.29) is 5.41 Å². The molecule has 0 amide bonds. The molecule has 3 aliphatic carbocycles. The van der Waals surface area contributed by atoms with Gasteiger partial charge in [0.15, 0.2) is 0 Å². The van der Waals surface area contributed by atoms with Gasteiger partial charge in [-0.3, -0.25) is 0 Å². The molecule has 0 aromatic heterocycles. The molecule has 1 aromatic rings. The van der Waals surface area contributed by atoms with Crippen molar-refractivity contribution in [1.82, 2.24) is 0 Å². The summed E-state index contributed by atoms with van der Waals surface area (Å²) in [5, 5.41) is 4.11. The molecule has 0 aliphatic heterocycles. The van der Waals surface area contributed by atoms with Crippen molar-refractivity contribution in [2.24, 2.45) is 22.3 Å². The number of benzene rings is 1. The molecule has 20 heavy (non-hydrogen) atoms. The Bertz CT molecular complexity index is 614. The molecule has 104 valence electrons. The third kappa shape index (κ3) is 1.48. The lowest BCUT2D eigenvalue weighted by Crippen LogP contribution is -2.37. The van der Waals surface area contributed by atoms with Crippen LogP contribution in [-0.4, -0.2) is 5.71 Å². The molecule has 3 atom stereocenters. The number of hydrogen-bond donors (Lipinski definition) is 1. The molecule has 2 heteroatoms. The van der Waals surface area contributed by atoms with E-state index >= 15 is 0 Å². The molecule has 2 nitrogen and oxygen atoms in total. The lowest BCUT2D eigenvalue weighted by molar-refractivity contribution is 0.256. The Balaban J connectivity index is 1.77. The summed E-state index contributed by atoms with van der Waals surface area (Å²) in [5.41, 5.74) is 6.25. The second-order valence-corrected chi connectivity index (χ2v) is 6.78. The average molecular weight is 266 g/mol. The van der Waals surface area contributed by atoms with E-state index in [2.05, 4.69) is 42.4 Å². The van der Waals surface area contributed by atoms with Gasteiger partial charge in [-0.2, -0.15) is 5.10 Å². The highest BCUT2D eigenvalue weighted by atomic mass is 15.1. The fourth-order valence-corrected chi connectivity index (χ4v) is 4.91. The minimum absolute atomic E-state index is 0.226. The molecular weight excluding hydrogens is 244 g/mol. The molecule has 3 unspecified atom stereocenters. The topological polar surface area (TPSA) is 38.4 Å². The van der Waals surface area contributed by atoms with Gasteiger partial charge in [-0.1, -0.05) is 42.8 Å². The van der Waals surface area contributed by atoms with Crippen LogP contribution in [0.5, 0.6) is 0 Å². The van der Waals surface area contributed by atoms with Crippen molar-refractivity contribution in [3.63, 3.8) is 0 Å². The summed E-state index contributed by atoms with van der Waals surface area (Å²) < 4.78 is 0. The second-order valence-electron chi connectivity index (χ2n) is 6.78. The van der Waals surface area contributed by atoms with Gasteiger partial charge >= 0.3 is 0 Å². The molecular formula is C18H22N2. The fourth-order valence-electron chi connectivity index (χ4n) is 4.91. The molecule has 2 N–H and O–H groups in total. The van der Waals surface area contributed by atoms with Gasteiger partial charge in [-0.05, 0) is 49.1 Å². The highest BCUT2D eigenvalue weighted by Gasteiger charge is 2.50. The van der Waals surface area contributed by atoms with E-state index in [4.69, 9.17) is 5.84 Å². The smallest absolute Gasteiger partial charge is 0.0441 e. The van der Waals surface area contributed by atoms with Crippen molar-refractivity contribution in [3.05, 3.63) is 47.0 Å². The van der Waals surface area contributed by atoms with Crippen LogP contribution >= 0.6 is 0 Å². The van der Waals surface area contributed by atoms with Gasteiger partial charge in [-0.15, -0.1) is 0 Å². The van der Waals surface area contributed by atoms with Gasteiger partial charge in [-0.25, -0.2) is 0 Å². The Labute approximate surface area is 120 Å². The van der Waals surface area contributed by atoms with E-state index in [1.807, 2.05) is 0 Å². The van der Waals surface area contributed by atoms with E-state index in [0.717, 1.165) is 12.8 Å². The lowest BCUT2D eigenvalue weighted by Gasteiger charge is -2.44. The maximum Gasteiger partial charge on any atom is 0.0441 e. The number of allylic oxidation sites excluding steroid dienone is 2. The second kappa shape index (κ2) is 4.21. The van der Waals surface area contributed by atoms with Crippen molar-refractivity contribution in [2.75, 3.05) is 0 Å². The summed E-state index contributed by atoms with van der Waals surface area (Å²) in [4.78, 5) is 0. The zero-order valence-electron chi connectivity index (χ0n) is 12.1. The first-order chi connectivity index (χ1) is 9.74. The zero-order chi connectivity index (χ0) is 13.7. The Morgan fingerprint density at radius 3 is 2.95 bits per heavy atom.